The predicted octanol–water partition coefficient (Wildman–Crippen LogP) is 3.84. The molecule has 1 fully saturated rings. The molecule has 1 heterocycles. The summed E-state index contributed by atoms with van der Waals surface area (Å²) in [5.41, 5.74) is -2.02. The molecule has 1 N–H and O–H groups in total. The van der Waals surface area contributed by atoms with E-state index in [2.05, 4.69) is 5.32 Å². The van der Waals surface area contributed by atoms with Gasteiger partial charge in [0.05, 0.1) is 12.7 Å². The predicted molar refractivity (Wildman–Crippen MR) is 95.0 cm³/mol. The van der Waals surface area contributed by atoms with E-state index in [9.17, 15) is 27.2 Å². The quantitative estimate of drug-likeness (QED) is 0.612. The summed E-state index contributed by atoms with van der Waals surface area (Å²) in [5.74, 6) is -2.05. The zero-order valence-corrected chi connectivity index (χ0v) is 16.2. The number of benzene rings is 1. The van der Waals surface area contributed by atoms with Crippen LogP contribution in [0.25, 0.3) is 0 Å². The second kappa shape index (κ2) is 7.97. The smallest absolute Gasteiger partial charge is 0.416 e. The number of methoxy groups -OCH3 is 1. The standard InChI is InChI=1S/C19H24F4N2O3/c1-18(2,3)15(16(26)25-7-5-6-14(25)17(27)28-4)24-13-9-11(19(21,22)23)8-12(20)10-13/h8-10,14-15,24H,5-7H2,1-4H3/t14-,15+/m0/s1. The Hall–Kier alpha value is -2.32. The zero-order chi connectivity index (χ0) is 21.3. The van der Waals surface area contributed by atoms with Gasteiger partial charge in [0, 0.05) is 12.2 Å². The highest BCUT2D eigenvalue weighted by Gasteiger charge is 2.42. The Balaban J connectivity index is 2.34. The second-order valence-electron chi connectivity index (χ2n) is 7.88. The molecule has 2 atom stereocenters. The molecule has 1 aromatic carbocycles. The number of amides is 1. The second-order valence-corrected chi connectivity index (χ2v) is 7.88. The molecule has 0 bridgehead atoms. The molecular weight excluding hydrogens is 380 g/mol. The number of nitrogens with zero attached hydrogens (tertiary/aromatic N) is 1. The van der Waals surface area contributed by atoms with Crippen LogP contribution in [-0.4, -0.2) is 42.5 Å². The highest BCUT2D eigenvalue weighted by molar-refractivity contribution is 5.90. The van der Waals surface area contributed by atoms with Crippen molar-refractivity contribution in [1.29, 1.82) is 0 Å². The lowest BCUT2D eigenvalue weighted by molar-refractivity contribution is -0.151. The molecule has 0 aromatic heterocycles. The zero-order valence-electron chi connectivity index (χ0n) is 16.2. The van der Waals surface area contributed by atoms with Gasteiger partial charge in [-0.2, -0.15) is 13.2 Å². The van der Waals surface area contributed by atoms with Crippen LogP contribution >= 0.6 is 0 Å². The molecule has 1 saturated heterocycles. The number of likely N-dealkylation sites (tertiary alicyclic amines) is 1. The van der Waals surface area contributed by atoms with E-state index in [0.29, 0.717) is 25.5 Å². The maximum absolute atomic E-state index is 13.7. The summed E-state index contributed by atoms with van der Waals surface area (Å²) in [4.78, 5) is 26.5. The number of ether oxygens (including phenoxy) is 1. The lowest BCUT2D eigenvalue weighted by Crippen LogP contribution is -2.52. The molecule has 0 aliphatic carbocycles. The van der Waals surface area contributed by atoms with Crippen molar-refractivity contribution in [3.63, 3.8) is 0 Å². The van der Waals surface area contributed by atoms with Crippen LogP contribution in [0.3, 0.4) is 0 Å². The van der Waals surface area contributed by atoms with E-state index in [1.165, 1.54) is 12.0 Å². The van der Waals surface area contributed by atoms with E-state index in [4.69, 9.17) is 4.74 Å². The summed E-state index contributed by atoms with van der Waals surface area (Å²) in [6.45, 7) is 5.53. The number of carbonyl (C=O) groups is 2. The van der Waals surface area contributed by atoms with Gasteiger partial charge in [0.2, 0.25) is 5.91 Å². The molecule has 0 radical (unpaired) electrons. The van der Waals surface area contributed by atoms with Crippen LogP contribution in [-0.2, 0) is 20.5 Å². The van der Waals surface area contributed by atoms with Crippen LogP contribution in [0.5, 0.6) is 0 Å². The van der Waals surface area contributed by atoms with Crippen LogP contribution in [0.1, 0.15) is 39.2 Å². The van der Waals surface area contributed by atoms with Gasteiger partial charge >= 0.3 is 12.1 Å². The number of halogens is 4. The molecule has 5 nitrogen and oxygen atoms in total. The highest BCUT2D eigenvalue weighted by atomic mass is 19.4. The largest absolute Gasteiger partial charge is 0.467 e. The van der Waals surface area contributed by atoms with Gasteiger partial charge in [-0.25, -0.2) is 9.18 Å². The SMILES string of the molecule is COC(=O)[C@@H]1CCCN1C(=O)[C@@H](Nc1cc(F)cc(C(F)(F)F)c1)C(C)(C)C. The van der Waals surface area contributed by atoms with Gasteiger partial charge in [0.25, 0.3) is 0 Å². The van der Waals surface area contributed by atoms with Crippen LogP contribution in [0.2, 0.25) is 0 Å². The van der Waals surface area contributed by atoms with Crippen LogP contribution in [0.15, 0.2) is 18.2 Å². The van der Waals surface area contributed by atoms with Gasteiger partial charge in [-0.05, 0) is 36.5 Å². The number of esters is 1. The van der Waals surface area contributed by atoms with Crippen molar-refractivity contribution in [3.05, 3.63) is 29.6 Å². The molecule has 0 spiro atoms. The van der Waals surface area contributed by atoms with Gasteiger partial charge in [0.15, 0.2) is 0 Å². The molecule has 2 rings (SSSR count). The number of hydrogen-bond donors (Lipinski definition) is 1. The van der Waals surface area contributed by atoms with Gasteiger partial charge in [-0.3, -0.25) is 4.79 Å². The maximum atomic E-state index is 13.7. The molecule has 156 valence electrons. The normalized spacial score (nSPS) is 18.7. The van der Waals surface area contributed by atoms with Crippen molar-refractivity contribution in [2.75, 3.05) is 19.0 Å². The molecular formula is C19H24F4N2O3. The average molecular weight is 404 g/mol. The number of alkyl halides is 3. The molecule has 9 heteroatoms. The first-order chi connectivity index (χ1) is 12.8. The Labute approximate surface area is 161 Å². The average Bonchev–Trinajstić information content (AvgIpc) is 3.06. The number of hydrogen-bond acceptors (Lipinski definition) is 4. The lowest BCUT2D eigenvalue weighted by Gasteiger charge is -2.35. The first-order valence-electron chi connectivity index (χ1n) is 8.87. The van der Waals surface area contributed by atoms with E-state index in [1.54, 1.807) is 20.8 Å². The van der Waals surface area contributed by atoms with Crippen LogP contribution in [0.4, 0.5) is 23.2 Å². The Morgan fingerprint density at radius 2 is 1.86 bits per heavy atom. The Kier molecular flexibility index (Phi) is 6.25. The monoisotopic (exact) mass is 404 g/mol. The number of anilines is 1. The van der Waals surface area contributed by atoms with Gasteiger partial charge in [-0.15, -0.1) is 0 Å². The summed E-state index contributed by atoms with van der Waals surface area (Å²) in [6, 6.07) is 0.357. The fourth-order valence-corrected chi connectivity index (χ4v) is 3.23. The van der Waals surface area contributed by atoms with Crippen molar-refractivity contribution in [2.24, 2.45) is 5.41 Å². The third-order valence-corrected chi connectivity index (χ3v) is 4.66. The minimum atomic E-state index is -4.72. The minimum Gasteiger partial charge on any atom is -0.467 e. The number of rotatable bonds is 4. The molecule has 1 aliphatic heterocycles. The topological polar surface area (TPSA) is 58.6 Å². The van der Waals surface area contributed by atoms with Gasteiger partial charge < -0.3 is 15.0 Å². The summed E-state index contributed by atoms with van der Waals surface area (Å²) in [5, 5.41) is 2.74. The summed E-state index contributed by atoms with van der Waals surface area (Å²) >= 11 is 0. The van der Waals surface area contributed by atoms with Crippen molar-refractivity contribution in [1.82, 2.24) is 4.90 Å². The first-order valence-corrected chi connectivity index (χ1v) is 8.87. The first kappa shape index (κ1) is 22.0. The maximum Gasteiger partial charge on any atom is 0.416 e. The Bertz CT molecular complexity index is 744. The van der Waals surface area contributed by atoms with E-state index >= 15 is 0 Å². The molecule has 28 heavy (non-hydrogen) atoms. The minimum absolute atomic E-state index is 0.158. The summed E-state index contributed by atoms with van der Waals surface area (Å²) in [6.07, 6.45) is -3.65. The van der Waals surface area contributed by atoms with Crippen molar-refractivity contribution in [2.45, 2.75) is 51.9 Å². The lowest BCUT2D eigenvalue weighted by atomic mass is 9.85. The number of nitrogens with one attached hydrogen (secondary N) is 1. The molecule has 0 unspecified atom stereocenters. The Morgan fingerprint density at radius 3 is 2.39 bits per heavy atom. The molecule has 1 amide bonds. The highest BCUT2D eigenvalue weighted by Crippen LogP contribution is 2.33. The molecule has 0 saturated carbocycles. The van der Waals surface area contributed by atoms with Crippen molar-refractivity contribution < 1.29 is 31.9 Å². The van der Waals surface area contributed by atoms with E-state index < -0.39 is 46.9 Å². The van der Waals surface area contributed by atoms with E-state index in [0.717, 1.165) is 12.1 Å². The van der Waals surface area contributed by atoms with Gasteiger partial charge in [0.1, 0.15) is 17.9 Å². The molecule has 1 aromatic rings. The van der Waals surface area contributed by atoms with Crippen molar-refractivity contribution in [3.8, 4) is 0 Å². The fourth-order valence-electron chi connectivity index (χ4n) is 3.23. The third-order valence-electron chi connectivity index (χ3n) is 4.66. The van der Waals surface area contributed by atoms with E-state index in [1.807, 2.05) is 0 Å². The third kappa shape index (κ3) is 4.94. The van der Waals surface area contributed by atoms with Crippen LogP contribution < -0.4 is 5.32 Å². The summed E-state index contributed by atoms with van der Waals surface area (Å²) < 4.78 is 57.4. The van der Waals surface area contributed by atoms with Crippen LogP contribution in [0, 0.1) is 11.2 Å². The fraction of sp³-hybridized carbons (Fsp3) is 0.579. The number of carbonyl (C=O) groups excluding carboxylic acids is 2. The van der Waals surface area contributed by atoms with Gasteiger partial charge in [-0.1, -0.05) is 20.8 Å². The summed E-state index contributed by atoms with van der Waals surface area (Å²) in [7, 11) is 1.23. The van der Waals surface area contributed by atoms with E-state index in [-0.39, 0.29) is 5.69 Å². The Morgan fingerprint density at radius 1 is 1.21 bits per heavy atom. The molecule has 1 aliphatic rings. The van der Waals surface area contributed by atoms with Crippen molar-refractivity contribution >= 4 is 17.6 Å².